The Hall–Kier alpha value is -0.910. The highest BCUT2D eigenvalue weighted by Crippen LogP contribution is 2.04. The molecule has 0 N–H and O–H groups in total. The Morgan fingerprint density at radius 2 is 2.00 bits per heavy atom. The molecule has 6 heteroatoms. The van der Waals surface area contributed by atoms with Gasteiger partial charge in [-0.25, -0.2) is 8.42 Å². The van der Waals surface area contributed by atoms with Crippen molar-refractivity contribution in [3.8, 4) is 0 Å². The van der Waals surface area contributed by atoms with Gasteiger partial charge in [0.1, 0.15) is 6.29 Å². The van der Waals surface area contributed by atoms with Crippen molar-refractivity contribution in [2.24, 2.45) is 5.92 Å². The van der Waals surface area contributed by atoms with Crippen LogP contribution < -0.4 is 0 Å². The van der Waals surface area contributed by atoms with Gasteiger partial charge in [0.15, 0.2) is 15.8 Å². The van der Waals surface area contributed by atoms with Gasteiger partial charge >= 0.3 is 5.97 Å². The number of rotatable bonds is 8. The molecule has 16 heavy (non-hydrogen) atoms. The molecule has 5 nitrogen and oxygen atoms in total. The van der Waals surface area contributed by atoms with E-state index < -0.39 is 21.7 Å². The summed E-state index contributed by atoms with van der Waals surface area (Å²) in [7, 11) is -3.33. The lowest BCUT2D eigenvalue weighted by Gasteiger charge is -2.07. The maximum Gasteiger partial charge on any atom is 0.307 e. The third kappa shape index (κ3) is 8.40. The second-order valence-corrected chi connectivity index (χ2v) is 6.10. The standard InChI is InChI=1S/C10H18O5S/c1-9(2)5-7-16(13,14)8-15-10(12)4-3-6-11/h6,9H,3-5,7-8H2,1-2H3. The number of hydrogen-bond acceptors (Lipinski definition) is 5. The van der Waals surface area contributed by atoms with Gasteiger partial charge in [-0.05, 0) is 12.3 Å². The summed E-state index contributed by atoms with van der Waals surface area (Å²) in [6, 6.07) is 0. The molecular weight excluding hydrogens is 232 g/mol. The first-order valence-electron chi connectivity index (χ1n) is 5.17. The minimum Gasteiger partial charge on any atom is -0.449 e. The minimum atomic E-state index is -3.33. The first-order valence-corrected chi connectivity index (χ1v) is 6.99. The average molecular weight is 250 g/mol. The molecule has 0 aliphatic heterocycles. The fourth-order valence-corrected chi connectivity index (χ4v) is 2.14. The highest BCUT2D eigenvalue weighted by atomic mass is 32.2. The van der Waals surface area contributed by atoms with Crippen molar-refractivity contribution in [3.63, 3.8) is 0 Å². The van der Waals surface area contributed by atoms with E-state index in [1.165, 1.54) is 0 Å². The number of hydrogen-bond donors (Lipinski definition) is 0. The van der Waals surface area contributed by atoms with Crippen LogP contribution in [0.2, 0.25) is 0 Å². The number of carbonyl (C=O) groups excluding carboxylic acids is 2. The third-order valence-corrected chi connectivity index (χ3v) is 3.21. The second kappa shape index (κ2) is 7.38. The molecule has 0 spiro atoms. The van der Waals surface area contributed by atoms with E-state index in [2.05, 4.69) is 4.74 Å². The van der Waals surface area contributed by atoms with Crippen LogP contribution in [0.4, 0.5) is 0 Å². The lowest BCUT2D eigenvalue weighted by atomic mass is 10.2. The van der Waals surface area contributed by atoms with E-state index in [-0.39, 0.29) is 18.6 Å². The summed E-state index contributed by atoms with van der Waals surface area (Å²) in [6.07, 6.45) is 1.14. The predicted molar refractivity (Wildman–Crippen MR) is 59.5 cm³/mol. The Labute approximate surface area is 96.1 Å². The molecule has 0 fully saturated rings. The van der Waals surface area contributed by atoms with E-state index >= 15 is 0 Å². The molecule has 94 valence electrons. The second-order valence-electron chi connectivity index (χ2n) is 3.97. The van der Waals surface area contributed by atoms with E-state index in [4.69, 9.17) is 0 Å². The average Bonchev–Trinajstić information content (AvgIpc) is 2.21. The molecule has 0 aliphatic rings. The van der Waals surface area contributed by atoms with Gasteiger partial charge in [0, 0.05) is 6.42 Å². The molecule has 0 aromatic carbocycles. The van der Waals surface area contributed by atoms with Crippen molar-refractivity contribution in [1.82, 2.24) is 0 Å². The molecule has 0 saturated carbocycles. The van der Waals surface area contributed by atoms with Crippen LogP contribution in [0.15, 0.2) is 0 Å². The zero-order valence-electron chi connectivity index (χ0n) is 9.64. The smallest absolute Gasteiger partial charge is 0.307 e. The van der Waals surface area contributed by atoms with Crippen molar-refractivity contribution < 1.29 is 22.7 Å². The number of aldehydes is 1. The van der Waals surface area contributed by atoms with Crippen LogP contribution in [0.1, 0.15) is 33.1 Å². The van der Waals surface area contributed by atoms with Crippen LogP contribution >= 0.6 is 0 Å². The third-order valence-electron chi connectivity index (χ3n) is 1.87. The zero-order chi connectivity index (χ0) is 12.6. The Morgan fingerprint density at radius 3 is 2.50 bits per heavy atom. The molecule has 0 saturated heterocycles. The number of sulfone groups is 1. The summed E-state index contributed by atoms with van der Waals surface area (Å²) in [4.78, 5) is 20.9. The van der Waals surface area contributed by atoms with Gasteiger partial charge in [-0.3, -0.25) is 4.79 Å². The van der Waals surface area contributed by atoms with E-state index in [1.807, 2.05) is 13.8 Å². The molecular formula is C10H18O5S. The minimum absolute atomic E-state index is 0.0195. The Bertz CT molecular complexity index is 318. The molecule has 0 heterocycles. The van der Waals surface area contributed by atoms with Crippen LogP contribution in [-0.2, 0) is 24.2 Å². The molecule has 0 unspecified atom stereocenters. The van der Waals surface area contributed by atoms with Gasteiger partial charge in [-0.2, -0.15) is 0 Å². The monoisotopic (exact) mass is 250 g/mol. The molecule has 0 rings (SSSR count). The van der Waals surface area contributed by atoms with Crippen molar-refractivity contribution in [3.05, 3.63) is 0 Å². The molecule has 0 atom stereocenters. The topological polar surface area (TPSA) is 77.5 Å². The number of ether oxygens (including phenoxy) is 1. The quantitative estimate of drug-likeness (QED) is 0.473. The summed E-state index contributed by atoms with van der Waals surface area (Å²) >= 11 is 0. The number of carbonyl (C=O) groups is 2. The largest absolute Gasteiger partial charge is 0.449 e. The van der Waals surface area contributed by atoms with Crippen LogP contribution in [0, 0.1) is 5.92 Å². The van der Waals surface area contributed by atoms with Crippen LogP contribution in [0.5, 0.6) is 0 Å². The maximum absolute atomic E-state index is 11.4. The summed E-state index contributed by atoms with van der Waals surface area (Å²) in [6.45, 7) is 3.84. The zero-order valence-corrected chi connectivity index (χ0v) is 10.5. The van der Waals surface area contributed by atoms with Crippen LogP contribution in [0.25, 0.3) is 0 Å². The van der Waals surface area contributed by atoms with Crippen molar-refractivity contribution >= 4 is 22.1 Å². The molecule has 0 bridgehead atoms. The predicted octanol–water partition coefficient (Wildman–Crippen LogP) is 0.927. The summed E-state index contributed by atoms with van der Waals surface area (Å²) in [5, 5.41) is 0. The van der Waals surface area contributed by atoms with Crippen molar-refractivity contribution in [1.29, 1.82) is 0 Å². The Morgan fingerprint density at radius 1 is 1.38 bits per heavy atom. The molecule has 0 aromatic rings. The van der Waals surface area contributed by atoms with Crippen LogP contribution in [0.3, 0.4) is 0 Å². The first kappa shape index (κ1) is 15.1. The molecule has 0 amide bonds. The highest BCUT2D eigenvalue weighted by Gasteiger charge is 2.14. The highest BCUT2D eigenvalue weighted by molar-refractivity contribution is 7.91. The van der Waals surface area contributed by atoms with Gasteiger partial charge in [-0.1, -0.05) is 13.8 Å². The number of esters is 1. The summed E-state index contributed by atoms with van der Waals surface area (Å²) < 4.78 is 27.3. The first-order chi connectivity index (χ1) is 7.37. The van der Waals surface area contributed by atoms with E-state index in [0.29, 0.717) is 18.6 Å². The fraction of sp³-hybridized carbons (Fsp3) is 0.800. The summed E-state index contributed by atoms with van der Waals surface area (Å²) in [5.41, 5.74) is 0. The van der Waals surface area contributed by atoms with E-state index in [9.17, 15) is 18.0 Å². The van der Waals surface area contributed by atoms with Gasteiger partial charge in [-0.15, -0.1) is 0 Å². The van der Waals surface area contributed by atoms with Crippen LogP contribution in [-0.4, -0.2) is 32.4 Å². The lowest BCUT2D eigenvalue weighted by Crippen LogP contribution is -2.18. The molecule has 0 aromatic heterocycles. The van der Waals surface area contributed by atoms with Gasteiger partial charge in [0.2, 0.25) is 0 Å². The molecule has 0 radical (unpaired) electrons. The Kier molecular flexibility index (Phi) is 6.96. The van der Waals surface area contributed by atoms with Gasteiger partial charge in [0.05, 0.1) is 12.2 Å². The summed E-state index contributed by atoms with van der Waals surface area (Å²) in [5.74, 6) is -0.927. The van der Waals surface area contributed by atoms with Crippen molar-refractivity contribution in [2.45, 2.75) is 33.1 Å². The van der Waals surface area contributed by atoms with Crippen molar-refractivity contribution in [2.75, 3.05) is 11.7 Å². The molecule has 0 aliphatic carbocycles. The lowest BCUT2D eigenvalue weighted by molar-refractivity contribution is -0.142. The van der Waals surface area contributed by atoms with Gasteiger partial charge in [0.25, 0.3) is 0 Å². The normalized spacial score (nSPS) is 11.4. The van der Waals surface area contributed by atoms with E-state index in [0.717, 1.165) is 0 Å². The Balaban J connectivity index is 3.90. The maximum atomic E-state index is 11.4. The van der Waals surface area contributed by atoms with Gasteiger partial charge < -0.3 is 9.53 Å². The fourth-order valence-electron chi connectivity index (χ4n) is 0.879. The van der Waals surface area contributed by atoms with E-state index in [1.54, 1.807) is 0 Å². The SMILES string of the molecule is CC(C)CCS(=O)(=O)COC(=O)CCC=O.